The van der Waals surface area contributed by atoms with Crippen LogP contribution in [-0.2, 0) is 0 Å². The van der Waals surface area contributed by atoms with Gasteiger partial charge in [-0.25, -0.2) is 4.98 Å². The van der Waals surface area contributed by atoms with E-state index in [-0.39, 0.29) is 0 Å². The third-order valence-corrected chi connectivity index (χ3v) is 12.1. The lowest BCUT2D eigenvalue weighted by Crippen LogP contribution is -1.93. The number of imidazole rings is 1. The van der Waals surface area contributed by atoms with Gasteiger partial charge in [0.2, 0.25) is 0 Å². The summed E-state index contributed by atoms with van der Waals surface area (Å²) in [6, 6.07) is 57.6. The van der Waals surface area contributed by atoms with E-state index in [4.69, 9.17) is 9.97 Å². The molecule has 240 valence electrons. The minimum absolute atomic E-state index is 1.00. The molecule has 0 saturated carbocycles. The van der Waals surface area contributed by atoms with Gasteiger partial charge < -0.3 is 0 Å². The van der Waals surface area contributed by atoms with Crippen molar-refractivity contribution in [1.82, 2.24) is 14.4 Å². The van der Waals surface area contributed by atoms with Crippen LogP contribution >= 0.6 is 11.3 Å². The molecule has 0 amide bonds. The molecule has 0 fully saturated rings. The summed E-state index contributed by atoms with van der Waals surface area (Å²) in [6.45, 7) is 0. The van der Waals surface area contributed by atoms with Gasteiger partial charge in [-0.05, 0) is 91.5 Å². The first-order valence-electron chi connectivity index (χ1n) is 17.6. The molecule has 0 unspecified atom stereocenters. The number of pyridine rings is 2. The van der Waals surface area contributed by atoms with Crippen molar-refractivity contribution in [2.24, 2.45) is 0 Å². The summed E-state index contributed by atoms with van der Waals surface area (Å²) in [7, 11) is 0. The molecule has 4 heteroatoms. The molecule has 0 aliphatic carbocycles. The molecular weight excluding hydrogens is 651 g/mol. The van der Waals surface area contributed by atoms with Crippen molar-refractivity contribution < 1.29 is 0 Å². The fourth-order valence-electron chi connectivity index (χ4n) is 8.35. The van der Waals surface area contributed by atoms with Crippen LogP contribution < -0.4 is 0 Å². The Hall–Kier alpha value is -6.62. The highest BCUT2D eigenvalue weighted by Crippen LogP contribution is 2.43. The number of thiophene rings is 1. The Morgan fingerprint density at radius 1 is 0.442 bits per heavy atom. The highest BCUT2D eigenvalue weighted by atomic mass is 32.1. The van der Waals surface area contributed by atoms with Crippen LogP contribution in [0.1, 0.15) is 0 Å². The highest BCUT2D eigenvalue weighted by molar-refractivity contribution is 7.26. The monoisotopic (exact) mass is 677 g/mol. The minimum Gasteiger partial charge on any atom is -0.291 e. The van der Waals surface area contributed by atoms with Crippen LogP contribution in [0, 0.1) is 0 Å². The van der Waals surface area contributed by atoms with Crippen molar-refractivity contribution in [2.75, 3.05) is 0 Å². The Morgan fingerprint density at radius 2 is 1.12 bits per heavy atom. The van der Waals surface area contributed by atoms with E-state index in [0.29, 0.717) is 0 Å². The number of hydrogen-bond acceptors (Lipinski definition) is 3. The molecule has 3 nitrogen and oxygen atoms in total. The van der Waals surface area contributed by atoms with E-state index in [9.17, 15) is 0 Å². The lowest BCUT2D eigenvalue weighted by Gasteiger charge is -2.11. The van der Waals surface area contributed by atoms with Crippen molar-refractivity contribution in [3.63, 3.8) is 0 Å². The molecule has 0 atom stereocenters. The topological polar surface area (TPSA) is 30.2 Å². The van der Waals surface area contributed by atoms with E-state index < -0.39 is 0 Å². The first-order valence-corrected chi connectivity index (χ1v) is 18.5. The molecule has 0 N–H and O–H groups in total. The van der Waals surface area contributed by atoms with Crippen molar-refractivity contribution in [1.29, 1.82) is 0 Å². The summed E-state index contributed by atoms with van der Waals surface area (Å²) in [5, 5.41) is 13.5. The standard InChI is InChI=1S/C48H27N3S/c1-2-8-31-22-39-35(21-30(31)7-1)18-20-43-46(39)50-48-47-41(40-23-32-9-3-4-10-33(32)25-45(40)52-47)26-44(51(43)48)29-15-13-28(14-16-29)34-17-19-38-37-12-6-5-11-36(37)27-49-42(38)24-34/h1-27H. The summed E-state index contributed by atoms with van der Waals surface area (Å²) in [4.78, 5) is 10.3. The maximum atomic E-state index is 5.51. The van der Waals surface area contributed by atoms with Crippen molar-refractivity contribution >= 4 is 102 Å². The van der Waals surface area contributed by atoms with Crippen molar-refractivity contribution in [2.45, 2.75) is 0 Å². The van der Waals surface area contributed by atoms with Crippen LogP contribution in [0.5, 0.6) is 0 Å². The molecule has 0 radical (unpaired) electrons. The molecule has 8 aromatic carbocycles. The van der Waals surface area contributed by atoms with E-state index in [2.05, 4.69) is 162 Å². The smallest absolute Gasteiger partial charge is 0.156 e. The predicted octanol–water partition coefficient (Wildman–Crippen LogP) is 13.4. The van der Waals surface area contributed by atoms with Gasteiger partial charge in [-0.2, -0.15) is 0 Å². The summed E-state index contributed by atoms with van der Waals surface area (Å²) in [6.07, 6.45) is 1.98. The van der Waals surface area contributed by atoms with Crippen LogP contribution in [0.15, 0.2) is 164 Å². The molecule has 4 aromatic heterocycles. The molecule has 12 rings (SSSR count). The van der Waals surface area contributed by atoms with E-state index in [0.717, 1.165) is 44.4 Å². The van der Waals surface area contributed by atoms with Gasteiger partial charge in [-0.15, -0.1) is 11.3 Å². The Morgan fingerprint density at radius 3 is 1.92 bits per heavy atom. The highest BCUT2D eigenvalue weighted by Gasteiger charge is 2.20. The maximum absolute atomic E-state index is 5.51. The Bertz CT molecular complexity index is 3460. The van der Waals surface area contributed by atoms with Crippen LogP contribution in [-0.4, -0.2) is 14.4 Å². The maximum Gasteiger partial charge on any atom is 0.156 e. The zero-order valence-corrected chi connectivity index (χ0v) is 28.7. The summed E-state index contributed by atoms with van der Waals surface area (Å²) in [5.41, 5.74) is 8.78. The average Bonchev–Trinajstić information content (AvgIpc) is 3.77. The van der Waals surface area contributed by atoms with Gasteiger partial charge in [0, 0.05) is 37.8 Å². The lowest BCUT2D eigenvalue weighted by atomic mass is 9.99. The molecular formula is C48H27N3S. The van der Waals surface area contributed by atoms with Crippen LogP contribution in [0.3, 0.4) is 0 Å². The third-order valence-electron chi connectivity index (χ3n) is 10.9. The number of hydrogen-bond donors (Lipinski definition) is 0. The van der Waals surface area contributed by atoms with Gasteiger partial charge in [-0.1, -0.05) is 115 Å². The van der Waals surface area contributed by atoms with Crippen molar-refractivity contribution in [3.05, 3.63) is 164 Å². The fourth-order valence-corrected chi connectivity index (χ4v) is 9.54. The summed E-state index contributed by atoms with van der Waals surface area (Å²) >= 11 is 1.84. The Labute approximate surface area is 301 Å². The summed E-state index contributed by atoms with van der Waals surface area (Å²) < 4.78 is 4.89. The zero-order valence-electron chi connectivity index (χ0n) is 27.8. The Kier molecular flexibility index (Phi) is 5.65. The van der Waals surface area contributed by atoms with Gasteiger partial charge in [0.25, 0.3) is 0 Å². The number of nitrogens with zero attached hydrogens (tertiary/aromatic N) is 3. The van der Waals surface area contributed by atoms with E-state index in [1.807, 2.05) is 17.5 Å². The second-order valence-corrected chi connectivity index (χ2v) is 14.9. The van der Waals surface area contributed by atoms with Gasteiger partial charge in [0.15, 0.2) is 5.65 Å². The fraction of sp³-hybridized carbons (Fsp3) is 0. The molecule has 12 aromatic rings. The predicted molar refractivity (Wildman–Crippen MR) is 222 cm³/mol. The minimum atomic E-state index is 1.00. The summed E-state index contributed by atoms with van der Waals surface area (Å²) in [5.74, 6) is 0. The molecule has 0 aliphatic rings. The number of fused-ring (bicyclic) bond motifs is 14. The van der Waals surface area contributed by atoms with E-state index in [1.54, 1.807) is 0 Å². The normalized spacial score (nSPS) is 12.2. The quantitative estimate of drug-likeness (QED) is 0.135. The van der Waals surface area contributed by atoms with Crippen LogP contribution in [0.25, 0.3) is 113 Å². The molecule has 52 heavy (non-hydrogen) atoms. The lowest BCUT2D eigenvalue weighted by molar-refractivity contribution is 1.25. The first kappa shape index (κ1) is 28.1. The SMILES string of the molecule is c1ccc2cc3c(ccc4c3nc3c5sc6cc7ccccc7cc6c5cc(-c5ccc(-c6ccc7c(c6)ncc6ccccc67)cc5)n43)cc2c1. The van der Waals surface area contributed by atoms with Crippen LogP contribution in [0.4, 0.5) is 0 Å². The van der Waals surface area contributed by atoms with Crippen molar-refractivity contribution in [3.8, 4) is 22.4 Å². The first-order chi connectivity index (χ1) is 25.7. The van der Waals surface area contributed by atoms with Gasteiger partial charge in [0.05, 0.1) is 26.9 Å². The third kappa shape index (κ3) is 4.01. The second-order valence-electron chi connectivity index (χ2n) is 13.8. The molecule has 0 aliphatic heterocycles. The largest absolute Gasteiger partial charge is 0.291 e. The number of aromatic nitrogens is 3. The number of benzene rings is 8. The zero-order chi connectivity index (χ0) is 33.9. The van der Waals surface area contributed by atoms with E-state index >= 15 is 0 Å². The molecule has 0 saturated heterocycles. The molecule has 0 spiro atoms. The molecule has 4 heterocycles. The second kappa shape index (κ2) is 10.5. The molecule has 0 bridgehead atoms. The van der Waals surface area contributed by atoms with Gasteiger partial charge in [-0.3, -0.25) is 9.38 Å². The average molecular weight is 678 g/mol. The van der Waals surface area contributed by atoms with Gasteiger partial charge >= 0.3 is 0 Å². The van der Waals surface area contributed by atoms with E-state index in [1.165, 1.54) is 68.8 Å². The van der Waals surface area contributed by atoms with Gasteiger partial charge in [0.1, 0.15) is 0 Å². The number of rotatable bonds is 2. The Balaban J connectivity index is 1.10. The van der Waals surface area contributed by atoms with Crippen LogP contribution in [0.2, 0.25) is 0 Å².